The van der Waals surface area contributed by atoms with Crippen molar-refractivity contribution in [1.82, 2.24) is 15.1 Å². The predicted molar refractivity (Wildman–Crippen MR) is 127 cm³/mol. The number of aliphatic hydroxyl groups excluding tert-OH is 1. The highest BCUT2D eigenvalue weighted by molar-refractivity contribution is 5.74. The Bertz CT molecular complexity index is 1030. The smallest absolute Gasteiger partial charge is 0.317 e. The van der Waals surface area contributed by atoms with Crippen LogP contribution in [0.4, 0.5) is 9.18 Å². The highest BCUT2D eigenvalue weighted by Crippen LogP contribution is 2.41. The van der Waals surface area contributed by atoms with Crippen LogP contribution in [0, 0.1) is 17.7 Å². The van der Waals surface area contributed by atoms with Crippen molar-refractivity contribution in [3.8, 4) is 11.8 Å². The minimum atomic E-state index is -0.322. The first-order chi connectivity index (χ1) is 16.0. The van der Waals surface area contributed by atoms with Crippen LogP contribution in [0.2, 0.25) is 0 Å². The summed E-state index contributed by atoms with van der Waals surface area (Å²) in [6.07, 6.45) is 1.97. The molecular formula is C27H32FN3O2. The van der Waals surface area contributed by atoms with Crippen LogP contribution in [-0.4, -0.2) is 65.3 Å². The van der Waals surface area contributed by atoms with Gasteiger partial charge in [0.2, 0.25) is 0 Å². The number of aliphatic hydroxyl groups is 1. The molecule has 2 aromatic rings. The summed E-state index contributed by atoms with van der Waals surface area (Å²) in [6.45, 7) is 6.38. The molecule has 2 heterocycles. The lowest BCUT2D eigenvalue weighted by Crippen LogP contribution is -2.68. The van der Waals surface area contributed by atoms with Crippen LogP contribution in [0.15, 0.2) is 48.5 Å². The second-order valence-electron chi connectivity index (χ2n) is 9.19. The zero-order valence-electron chi connectivity index (χ0n) is 19.3. The third-order valence-corrected chi connectivity index (χ3v) is 6.58. The second kappa shape index (κ2) is 10.4. The number of nitrogens with zero attached hydrogens (tertiary/aromatic N) is 2. The molecule has 2 saturated heterocycles. The molecule has 2 aromatic carbocycles. The highest BCUT2D eigenvalue weighted by Gasteiger charge is 2.49. The summed E-state index contributed by atoms with van der Waals surface area (Å²) in [5.74, 6) is 5.76. The summed E-state index contributed by atoms with van der Waals surface area (Å²) < 4.78 is 13.8. The molecule has 174 valence electrons. The van der Waals surface area contributed by atoms with Gasteiger partial charge in [0.15, 0.2) is 0 Å². The third-order valence-electron chi connectivity index (χ3n) is 6.58. The van der Waals surface area contributed by atoms with Crippen LogP contribution >= 0.6 is 0 Å². The Morgan fingerprint density at radius 1 is 1.12 bits per heavy atom. The Kier molecular flexibility index (Phi) is 7.32. The Morgan fingerprint density at radius 3 is 2.55 bits per heavy atom. The minimum absolute atomic E-state index is 0.0168. The van der Waals surface area contributed by atoms with Crippen molar-refractivity contribution >= 4 is 6.03 Å². The van der Waals surface area contributed by atoms with Crippen LogP contribution < -0.4 is 5.32 Å². The molecule has 3 atom stereocenters. The number of amides is 2. The number of rotatable bonds is 3. The molecule has 0 aliphatic carbocycles. The zero-order chi connectivity index (χ0) is 23.4. The Morgan fingerprint density at radius 2 is 1.85 bits per heavy atom. The van der Waals surface area contributed by atoms with Gasteiger partial charge in [-0.1, -0.05) is 36.1 Å². The van der Waals surface area contributed by atoms with Gasteiger partial charge in [-0.15, -0.1) is 0 Å². The molecule has 2 N–H and O–H groups in total. The summed E-state index contributed by atoms with van der Waals surface area (Å²) in [5, 5.41) is 13.1. The number of fused-ring (bicyclic) bond motifs is 1. The van der Waals surface area contributed by atoms with Gasteiger partial charge in [-0.25, -0.2) is 9.18 Å². The normalized spacial score (nSPS) is 22.9. The summed E-state index contributed by atoms with van der Waals surface area (Å²) >= 11 is 0. The van der Waals surface area contributed by atoms with Crippen molar-refractivity contribution in [2.75, 3.05) is 26.2 Å². The maximum atomic E-state index is 13.8. The predicted octanol–water partition coefficient (Wildman–Crippen LogP) is 3.57. The van der Waals surface area contributed by atoms with Crippen molar-refractivity contribution in [3.05, 3.63) is 71.0 Å². The van der Waals surface area contributed by atoms with Crippen LogP contribution in [0.1, 0.15) is 49.3 Å². The standard InChI is InChI=1S/C27H32FN3O2/c1-19(2)29-27(33)30-15-5-6-16-31-24(17-30)26(25(31)18-32)22-13-10-20(11-14-22)9-12-21-7-3-4-8-23(21)28/h3-4,7-8,10-11,13-14,19,24-26,32H,5-6,15-18H2,1-2H3,(H,29,33)/t24-,25+,26-/m1/s1. The van der Waals surface area contributed by atoms with Gasteiger partial charge in [-0.05, 0) is 63.1 Å². The number of benzene rings is 2. The molecule has 5 nitrogen and oxygen atoms in total. The van der Waals surface area contributed by atoms with E-state index in [2.05, 4.69) is 22.1 Å². The Hall–Kier alpha value is -2.88. The number of halogens is 1. The lowest BCUT2D eigenvalue weighted by molar-refractivity contribution is -0.0591. The summed E-state index contributed by atoms with van der Waals surface area (Å²) in [5.41, 5.74) is 2.33. The van der Waals surface area contributed by atoms with Crippen LogP contribution in [0.25, 0.3) is 0 Å². The second-order valence-corrected chi connectivity index (χ2v) is 9.19. The molecule has 2 amide bonds. The largest absolute Gasteiger partial charge is 0.395 e. The maximum absolute atomic E-state index is 13.8. The molecular weight excluding hydrogens is 417 g/mol. The number of hydrogen-bond acceptors (Lipinski definition) is 3. The van der Waals surface area contributed by atoms with E-state index in [0.717, 1.165) is 37.1 Å². The van der Waals surface area contributed by atoms with E-state index in [9.17, 15) is 14.3 Å². The van der Waals surface area contributed by atoms with E-state index in [1.54, 1.807) is 18.2 Å². The minimum Gasteiger partial charge on any atom is -0.395 e. The first-order valence-electron chi connectivity index (χ1n) is 11.8. The third kappa shape index (κ3) is 5.21. The van der Waals surface area contributed by atoms with Gasteiger partial charge in [-0.3, -0.25) is 4.90 Å². The first kappa shape index (κ1) is 23.3. The van der Waals surface area contributed by atoms with Gasteiger partial charge < -0.3 is 15.3 Å². The quantitative estimate of drug-likeness (QED) is 0.705. The monoisotopic (exact) mass is 449 g/mol. The number of urea groups is 1. The molecule has 2 fully saturated rings. The van der Waals surface area contributed by atoms with Crippen LogP contribution in [0.3, 0.4) is 0 Å². The summed E-state index contributed by atoms with van der Waals surface area (Å²) in [7, 11) is 0. The van der Waals surface area contributed by atoms with Gasteiger partial charge in [-0.2, -0.15) is 0 Å². The number of hydrogen-bond donors (Lipinski definition) is 2. The molecule has 0 saturated carbocycles. The lowest BCUT2D eigenvalue weighted by Gasteiger charge is -2.57. The van der Waals surface area contributed by atoms with E-state index in [1.807, 2.05) is 43.0 Å². The van der Waals surface area contributed by atoms with Crippen molar-refractivity contribution in [3.63, 3.8) is 0 Å². The fourth-order valence-corrected chi connectivity index (χ4v) is 4.95. The zero-order valence-corrected chi connectivity index (χ0v) is 19.3. The average molecular weight is 450 g/mol. The van der Waals surface area contributed by atoms with E-state index in [4.69, 9.17) is 0 Å². The SMILES string of the molecule is CC(C)NC(=O)N1CCCCN2[C@H](C1)[C@@H](c1ccc(C#Cc3ccccc3F)cc1)[C@@H]2CO. The highest BCUT2D eigenvalue weighted by atomic mass is 19.1. The molecule has 0 aromatic heterocycles. The van der Waals surface area contributed by atoms with Crippen molar-refractivity contribution < 1.29 is 14.3 Å². The van der Waals surface area contributed by atoms with E-state index in [1.165, 1.54) is 6.07 Å². The van der Waals surface area contributed by atoms with Crippen LogP contribution in [0.5, 0.6) is 0 Å². The fraction of sp³-hybridized carbons (Fsp3) is 0.444. The van der Waals surface area contributed by atoms with E-state index in [0.29, 0.717) is 12.1 Å². The van der Waals surface area contributed by atoms with Gasteiger partial charge in [0.1, 0.15) is 5.82 Å². The van der Waals surface area contributed by atoms with E-state index < -0.39 is 0 Å². The summed E-state index contributed by atoms with van der Waals surface area (Å²) in [4.78, 5) is 17.0. The average Bonchev–Trinajstić information content (AvgIpc) is 2.78. The Labute approximate surface area is 195 Å². The van der Waals surface area contributed by atoms with E-state index in [-0.39, 0.29) is 42.5 Å². The maximum Gasteiger partial charge on any atom is 0.317 e. The molecule has 0 bridgehead atoms. The Balaban J connectivity index is 1.52. The van der Waals surface area contributed by atoms with Gasteiger partial charge in [0.05, 0.1) is 12.2 Å². The topological polar surface area (TPSA) is 55.8 Å². The van der Waals surface area contributed by atoms with Gasteiger partial charge in [0.25, 0.3) is 0 Å². The summed E-state index contributed by atoms with van der Waals surface area (Å²) in [6, 6.07) is 14.8. The number of carbonyl (C=O) groups excluding carboxylic acids is 1. The van der Waals surface area contributed by atoms with Crippen molar-refractivity contribution in [2.45, 2.75) is 50.7 Å². The molecule has 0 radical (unpaired) electrons. The van der Waals surface area contributed by atoms with E-state index >= 15 is 0 Å². The lowest BCUT2D eigenvalue weighted by atomic mass is 9.74. The van der Waals surface area contributed by atoms with Crippen molar-refractivity contribution in [2.24, 2.45) is 0 Å². The molecule has 2 aliphatic heterocycles. The van der Waals surface area contributed by atoms with Gasteiger partial charge in [0, 0.05) is 42.7 Å². The fourth-order valence-electron chi connectivity index (χ4n) is 4.95. The first-order valence-corrected chi connectivity index (χ1v) is 11.8. The molecule has 33 heavy (non-hydrogen) atoms. The number of nitrogens with one attached hydrogen (secondary N) is 1. The molecule has 6 heteroatoms. The molecule has 4 rings (SSSR count). The molecule has 2 aliphatic rings. The molecule has 0 spiro atoms. The van der Waals surface area contributed by atoms with Gasteiger partial charge >= 0.3 is 6.03 Å². The van der Waals surface area contributed by atoms with Crippen molar-refractivity contribution in [1.29, 1.82) is 0 Å². The van der Waals surface area contributed by atoms with Crippen LogP contribution in [-0.2, 0) is 0 Å². The molecule has 0 unspecified atom stereocenters. The number of carbonyl (C=O) groups is 1.